The van der Waals surface area contributed by atoms with Crippen molar-refractivity contribution in [1.29, 1.82) is 0 Å². The van der Waals surface area contributed by atoms with Crippen LogP contribution < -0.4 is 10.8 Å². The van der Waals surface area contributed by atoms with Gasteiger partial charge in [0.1, 0.15) is 6.42 Å². The largest absolute Gasteiger partial charge is 0.356 e. The molecule has 23 heavy (non-hydrogen) atoms. The highest BCUT2D eigenvalue weighted by atomic mass is 16.5. The van der Waals surface area contributed by atoms with Gasteiger partial charge in [0, 0.05) is 12.5 Å². The quantitative estimate of drug-likeness (QED) is 0.417. The van der Waals surface area contributed by atoms with Gasteiger partial charge in [0.25, 0.3) is 5.91 Å². The molecule has 120 valence electrons. The zero-order valence-corrected chi connectivity index (χ0v) is 12.7. The molecule has 0 radical (unpaired) electrons. The third kappa shape index (κ3) is 5.23. The number of benzene rings is 2. The number of amides is 2. The average Bonchev–Trinajstić information content (AvgIpc) is 2.60. The minimum atomic E-state index is -0.717. The molecule has 0 spiro atoms. The summed E-state index contributed by atoms with van der Waals surface area (Å²) in [7, 11) is 0. The number of carbonyl (C=O) groups is 2. The summed E-state index contributed by atoms with van der Waals surface area (Å²) in [6.07, 6.45) is 0.346. The van der Waals surface area contributed by atoms with E-state index in [0.29, 0.717) is 6.54 Å². The zero-order valence-electron chi connectivity index (χ0n) is 12.7. The summed E-state index contributed by atoms with van der Waals surface area (Å²) in [6.45, 7) is 0.450. The Morgan fingerprint density at radius 1 is 0.870 bits per heavy atom. The lowest BCUT2D eigenvalue weighted by Gasteiger charge is -2.18. The van der Waals surface area contributed by atoms with E-state index in [4.69, 9.17) is 5.21 Å². The second-order valence-electron chi connectivity index (χ2n) is 5.22. The number of nitrogens with one attached hydrogen (secondary N) is 2. The van der Waals surface area contributed by atoms with Crippen molar-refractivity contribution < 1.29 is 14.8 Å². The van der Waals surface area contributed by atoms with Crippen LogP contribution in [0.1, 0.15) is 29.9 Å². The van der Waals surface area contributed by atoms with Crippen LogP contribution in [-0.2, 0) is 9.59 Å². The number of hydrogen-bond donors (Lipinski definition) is 3. The standard InChI is InChI=1S/C18H20N2O3/c21-17(13-18(22)20-23)19-12-11-16(14-7-3-1-4-8-14)15-9-5-2-6-10-15/h1-10,16,23H,11-13H2,(H,19,21)(H,20,22). The fraction of sp³-hybridized carbons (Fsp3) is 0.222. The third-order valence-corrected chi connectivity index (χ3v) is 3.60. The number of carbonyl (C=O) groups excluding carboxylic acids is 2. The first-order chi connectivity index (χ1) is 11.2. The Balaban J connectivity index is 1.99. The molecular formula is C18H20N2O3. The van der Waals surface area contributed by atoms with E-state index in [1.165, 1.54) is 16.6 Å². The van der Waals surface area contributed by atoms with Crippen LogP contribution in [0.3, 0.4) is 0 Å². The van der Waals surface area contributed by atoms with Crippen LogP contribution in [0, 0.1) is 0 Å². The lowest BCUT2D eigenvalue weighted by molar-refractivity contribution is -0.134. The van der Waals surface area contributed by atoms with Gasteiger partial charge in [-0.3, -0.25) is 14.8 Å². The molecule has 2 rings (SSSR count). The fourth-order valence-electron chi connectivity index (χ4n) is 2.50. The van der Waals surface area contributed by atoms with Crippen molar-refractivity contribution >= 4 is 11.8 Å². The molecule has 5 nitrogen and oxygen atoms in total. The Bertz CT molecular complexity index is 590. The molecule has 0 aliphatic carbocycles. The number of hydrogen-bond acceptors (Lipinski definition) is 3. The normalized spacial score (nSPS) is 10.3. The van der Waals surface area contributed by atoms with E-state index in [1.54, 1.807) is 0 Å². The lowest BCUT2D eigenvalue weighted by atomic mass is 9.88. The van der Waals surface area contributed by atoms with Crippen LogP contribution in [0.15, 0.2) is 60.7 Å². The van der Waals surface area contributed by atoms with Gasteiger partial charge in [0.05, 0.1) is 0 Å². The molecule has 0 fully saturated rings. The Morgan fingerprint density at radius 2 is 1.39 bits per heavy atom. The Morgan fingerprint density at radius 3 is 1.87 bits per heavy atom. The summed E-state index contributed by atoms with van der Waals surface area (Å²) in [5.74, 6) is -0.953. The summed E-state index contributed by atoms with van der Waals surface area (Å²) < 4.78 is 0. The van der Waals surface area contributed by atoms with Gasteiger partial charge in [0.15, 0.2) is 0 Å². The molecule has 0 aliphatic heterocycles. The Kier molecular flexibility index (Phi) is 6.32. The molecule has 0 aromatic heterocycles. The molecule has 0 atom stereocenters. The van der Waals surface area contributed by atoms with E-state index in [-0.39, 0.29) is 12.3 Å². The van der Waals surface area contributed by atoms with Gasteiger partial charge < -0.3 is 5.32 Å². The molecule has 0 bridgehead atoms. The summed E-state index contributed by atoms with van der Waals surface area (Å²) in [6, 6.07) is 20.2. The summed E-state index contributed by atoms with van der Waals surface area (Å²) in [5.41, 5.74) is 3.81. The first-order valence-electron chi connectivity index (χ1n) is 7.50. The molecule has 5 heteroatoms. The molecule has 2 aromatic rings. The molecule has 0 unspecified atom stereocenters. The lowest BCUT2D eigenvalue weighted by Crippen LogP contribution is -2.31. The molecule has 3 N–H and O–H groups in total. The second-order valence-corrected chi connectivity index (χ2v) is 5.22. The number of rotatable bonds is 7. The number of hydroxylamine groups is 1. The molecule has 0 heterocycles. The van der Waals surface area contributed by atoms with Gasteiger partial charge in [-0.15, -0.1) is 0 Å². The second kappa shape index (κ2) is 8.70. The maximum absolute atomic E-state index is 11.6. The van der Waals surface area contributed by atoms with E-state index in [9.17, 15) is 9.59 Å². The van der Waals surface area contributed by atoms with Gasteiger partial charge in [-0.1, -0.05) is 60.7 Å². The van der Waals surface area contributed by atoms with Gasteiger partial charge in [0.2, 0.25) is 5.91 Å². The topological polar surface area (TPSA) is 78.4 Å². The van der Waals surface area contributed by atoms with Crippen molar-refractivity contribution in [3.63, 3.8) is 0 Å². The van der Waals surface area contributed by atoms with Crippen LogP contribution in [0.2, 0.25) is 0 Å². The zero-order chi connectivity index (χ0) is 16.5. The van der Waals surface area contributed by atoms with E-state index in [1.807, 2.05) is 36.4 Å². The minimum absolute atomic E-state index is 0.171. The molecule has 2 amide bonds. The van der Waals surface area contributed by atoms with Crippen LogP contribution in [0.5, 0.6) is 0 Å². The van der Waals surface area contributed by atoms with Gasteiger partial charge >= 0.3 is 0 Å². The highest BCUT2D eigenvalue weighted by Crippen LogP contribution is 2.27. The average molecular weight is 312 g/mol. The minimum Gasteiger partial charge on any atom is -0.356 e. The monoisotopic (exact) mass is 312 g/mol. The first kappa shape index (κ1) is 16.7. The Hall–Kier alpha value is -2.66. The van der Waals surface area contributed by atoms with Crippen molar-refractivity contribution in [2.75, 3.05) is 6.54 Å². The predicted molar refractivity (Wildman–Crippen MR) is 86.9 cm³/mol. The predicted octanol–water partition coefficient (Wildman–Crippen LogP) is 2.22. The SMILES string of the molecule is O=C(CC(=O)NCCC(c1ccccc1)c1ccccc1)NO. The van der Waals surface area contributed by atoms with Crippen molar-refractivity contribution in [2.24, 2.45) is 0 Å². The maximum Gasteiger partial charge on any atom is 0.252 e. The van der Waals surface area contributed by atoms with Gasteiger partial charge in [-0.05, 0) is 17.5 Å². The highest BCUT2D eigenvalue weighted by molar-refractivity contribution is 5.96. The summed E-state index contributed by atoms with van der Waals surface area (Å²) in [4.78, 5) is 22.5. The van der Waals surface area contributed by atoms with Crippen molar-refractivity contribution in [3.8, 4) is 0 Å². The highest BCUT2D eigenvalue weighted by Gasteiger charge is 2.14. The molecule has 0 aliphatic rings. The first-order valence-corrected chi connectivity index (χ1v) is 7.50. The molecular weight excluding hydrogens is 292 g/mol. The van der Waals surface area contributed by atoms with Gasteiger partial charge in [-0.2, -0.15) is 0 Å². The van der Waals surface area contributed by atoms with Crippen LogP contribution in [-0.4, -0.2) is 23.6 Å². The third-order valence-electron chi connectivity index (χ3n) is 3.60. The summed E-state index contributed by atoms with van der Waals surface area (Å²) in [5, 5.41) is 11.1. The summed E-state index contributed by atoms with van der Waals surface area (Å²) >= 11 is 0. The van der Waals surface area contributed by atoms with Crippen molar-refractivity contribution in [3.05, 3.63) is 71.8 Å². The van der Waals surface area contributed by atoms with Gasteiger partial charge in [-0.25, -0.2) is 5.48 Å². The van der Waals surface area contributed by atoms with E-state index >= 15 is 0 Å². The van der Waals surface area contributed by atoms with E-state index in [2.05, 4.69) is 29.6 Å². The Labute approximate surface area is 135 Å². The van der Waals surface area contributed by atoms with E-state index in [0.717, 1.165) is 6.42 Å². The van der Waals surface area contributed by atoms with Crippen LogP contribution in [0.25, 0.3) is 0 Å². The maximum atomic E-state index is 11.6. The molecule has 2 aromatic carbocycles. The fourth-order valence-corrected chi connectivity index (χ4v) is 2.50. The smallest absolute Gasteiger partial charge is 0.252 e. The van der Waals surface area contributed by atoms with E-state index < -0.39 is 11.8 Å². The molecule has 0 saturated carbocycles. The van der Waals surface area contributed by atoms with Crippen molar-refractivity contribution in [1.82, 2.24) is 10.8 Å². The van der Waals surface area contributed by atoms with Crippen molar-refractivity contribution in [2.45, 2.75) is 18.8 Å². The molecule has 0 saturated heterocycles. The van der Waals surface area contributed by atoms with Crippen LogP contribution >= 0.6 is 0 Å². The van der Waals surface area contributed by atoms with Crippen LogP contribution in [0.4, 0.5) is 0 Å².